The molecule has 0 radical (unpaired) electrons. The second-order valence-electron chi connectivity index (χ2n) is 3.69. The molecule has 92 valence electrons. The predicted octanol–water partition coefficient (Wildman–Crippen LogP) is 1.40. The van der Waals surface area contributed by atoms with Crippen LogP contribution in [0.3, 0.4) is 0 Å². The third kappa shape index (κ3) is 3.74. The van der Waals surface area contributed by atoms with E-state index in [1.165, 1.54) is 0 Å². The second-order valence-corrected chi connectivity index (χ2v) is 3.69. The second kappa shape index (κ2) is 6.89. The van der Waals surface area contributed by atoms with Gasteiger partial charge in [-0.2, -0.15) is 5.26 Å². The van der Waals surface area contributed by atoms with Crippen LogP contribution in [0.5, 0.6) is 0 Å². The molecule has 0 saturated heterocycles. The molecular formula is C12H16ClN3O. The first-order valence-corrected chi connectivity index (χ1v) is 5.07. The number of nitrogens with zero attached hydrogens (tertiary/aromatic N) is 2. The highest BCUT2D eigenvalue weighted by molar-refractivity contribution is 5.94. The van der Waals surface area contributed by atoms with E-state index in [1.54, 1.807) is 36.2 Å². The van der Waals surface area contributed by atoms with Crippen molar-refractivity contribution in [2.24, 2.45) is 5.73 Å². The van der Waals surface area contributed by atoms with Gasteiger partial charge in [0.05, 0.1) is 11.6 Å². The van der Waals surface area contributed by atoms with E-state index >= 15 is 0 Å². The minimum Gasteiger partial charge on any atom is -0.338 e. The van der Waals surface area contributed by atoms with Gasteiger partial charge < -0.3 is 10.6 Å². The largest absolute Gasteiger partial charge is 0.338 e. The molecule has 0 aliphatic rings. The Hall–Kier alpha value is -1.57. The van der Waals surface area contributed by atoms with Crippen molar-refractivity contribution < 1.29 is 4.79 Å². The smallest absolute Gasteiger partial charge is 0.253 e. The lowest BCUT2D eigenvalue weighted by molar-refractivity contribution is 0.0748. The Bertz CT molecular complexity index is 411. The third-order valence-electron chi connectivity index (χ3n) is 2.58. The summed E-state index contributed by atoms with van der Waals surface area (Å²) >= 11 is 0. The Labute approximate surface area is 107 Å². The standard InChI is InChI=1S/C12H15N3O.ClH/c1-9(7-13)15(2)12(16)11-5-3-10(8-14)4-6-11;/h3-6,9H,7,13H2,1-2H3;1H. The number of carbonyl (C=O) groups excluding carboxylic acids is 1. The molecule has 0 aliphatic heterocycles. The number of benzene rings is 1. The highest BCUT2D eigenvalue weighted by atomic mass is 35.5. The van der Waals surface area contributed by atoms with E-state index in [2.05, 4.69) is 0 Å². The molecule has 4 nitrogen and oxygen atoms in total. The molecule has 1 aromatic carbocycles. The molecule has 1 amide bonds. The van der Waals surface area contributed by atoms with E-state index in [0.29, 0.717) is 17.7 Å². The summed E-state index contributed by atoms with van der Waals surface area (Å²) in [4.78, 5) is 13.5. The molecular weight excluding hydrogens is 238 g/mol. The van der Waals surface area contributed by atoms with Gasteiger partial charge >= 0.3 is 0 Å². The normalized spacial score (nSPS) is 10.9. The highest BCUT2D eigenvalue weighted by Gasteiger charge is 2.15. The van der Waals surface area contributed by atoms with Gasteiger partial charge in [-0.05, 0) is 31.2 Å². The zero-order valence-electron chi connectivity index (χ0n) is 9.88. The van der Waals surface area contributed by atoms with Crippen molar-refractivity contribution in [3.05, 3.63) is 35.4 Å². The Kier molecular flexibility index (Phi) is 6.26. The lowest BCUT2D eigenvalue weighted by Crippen LogP contribution is -2.39. The number of rotatable bonds is 3. The number of amides is 1. The Morgan fingerprint density at radius 2 is 2.00 bits per heavy atom. The summed E-state index contributed by atoms with van der Waals surface area (Å²) in [6.45, 7) is 2.32. The quantitative estimate of drug-likeness (QED) is 0.885. The summed E-state index contributed by atoms with van der Waals surface area (Å²) in [5.41, 5.74) is 6.62. The predicted molar refractivity (Wildman–Crippen MR) is 69.0 cm³/mol. The first kappa shape index (κ1) is 15.4. The van der Waals surface area contributed by atoms with E-state index in [0.717, 1.165) is 0 Å². The Morgan fingerprint density at radius 3 is 2.41 bits per heavy atom. The zero-order chi connectivity index (χ0) is 12.1. The molecule has 0 spiro atoms. The third-order valence-corrected chi connectivity index (χ3v) is 2.58. The lowest BCUT2D eigenvalue weighted by Gasteiger charge is -2.23. The van der Waals surface area contributed by atoms with Crippen molar-refractivity contribution >= 4 is 18.3 Å². The van der Waals surface area contributed by atoms with Gasteiger partial charge in [0.1, 0.15) is 0 Å². The van der Waals surface area contributed by atoms with Crippen molar-refractivity contribution in [3.8, 4) is 6.07 Å². The van der Waals surface area contributed by atoms with Crippen LogP contribution in [0.1, 0.15) is 22.8 Å². The topological polar surface area (TPSA) is 70.1 Å². The number of likely N-dealkylation sites (N-methyl/N-ethyl adjacent to an activating group) is 1. The molecule has 1 aromatic rings. The van der Waals surface area contributed by atoms with Gasteiger partial charge in [0.25, 0.3) is 5.91 Å². The van der Waals surface area contributed by atoms with Crippen molar-refractivity contribution in [2.75, 3.05) is 13.6 Å². The average Bonchev–Trinajstić information content (AvgIpc) is 2.36. The molecule has 0 fully saturated rings. The number of hydrogen-bond acceptors (Lipinski definition) is 3. The van der Waals surface area contributed by atoms with Gasteiger partial charge in [0.15, 0.2) is 0 Å². The van der Waals surface area contributed by atoms with E-state index < -0.39 is 0 Å². The van der Waals surface area contributed by atoms with Gasteiger partial charge in [0.2, 0.25) is 0 Å². The Morgan fingerprint density at radius 1 is 1.47 bits per heavy atom. The average molecular weight is 254 g/mol. The summed E-state index contributed by atoms with van der Waals surface area (Å²) in [5.74, 6) is -0.0811. The first-order chi connectivity index (χ1) is 7.60. The van der Waals surface area contributed by atoms with Crippen LogP contribution in [-0.2, 0) is 0 Å². The number of nitriles is 1. The fraction of sp³-hybridized carbons (Fsp3) is 0.333. The molecule has 17 heavy (non-hydrogen) atoms. The molecule has 1 rings (SSSR count). The maximum absolute atomic E-state index is 11.9. The van der Waals surface area contributed by atoms with Crippen molar-refractivity contribution in [3.63, 3.8) is 0 Å². The molecule has 0 aromatic heterocycles. The van der Waals surface area contributed by atoms with Crippen LogP contribution in [0, 0.1) is 11.3 Å². The number of halogens is 1. The Balaban J connectivity index is 0.00000256. The summed E-state index contributed by atoms with van der Waals surface area (Å²) in [5, 5.41) is 8.64. The van der Waals surface area contributed by atoms with Crippen molar-refractivity contribution in [2.45, 2.75) is 13.0 Å². The maximum atomic E-state index is 11.9. The van der Waals surface area contributed by atoms with Crippen LogP contribution >= 0.6 is 12.4 Å². The van der Waals surface area contributed by atoms with E-state index in [4.69, 9.17) is 11.0 Å². The monoisotopic (exact) mass is 253 g/mol. The van der Waals surface area contributed by atoms with Crippen molar-refractivity contribution in [1.82, 2.24) is 4.90 Å². The fourth-order valence-electron chi connectivity index (χ4n) is 1.25. The van der Waals surface area contributed by atoms with Gasteiger partial charge in [-0.25, -0.2) is 0 Å². The summed E-state index contributed by atoms with van der Waals surface area (Å²) in [6, 6.07) is 8.59. The van der Waals surface area contributed by atoms with Gasteiger partial charge in [0, 0.05) is 25.2 Å². The van der Waals surface area contributed by atoms with Gasteiger partial charge in [-0.3, -0.25) is 4.79 Å². The van der Waals surface area contributed by atoms with Crippen LogP contribution in [0.4, 0.5) is 0 Å². The molecule has 0 bridgehead atoms. The SMILES string of the molecule is CC(CN)N(C)C(=O)c1ccc(C#N)cc1.Cl. The van der Waals surface area contributed by atoms with Crippen LogP contribution in [0.25, 0.3) is 0 Å². The van der Waals surface area contributed by atoms with Crippen LogP contribution in [0.2, 0.25) is 0 Å². The lowest BCUT2D eigenvalue weighted by atomic mass is 10.1. The zero-order valence-corrected chi connectivity index (χ0v) is 10.7. The van der Waals surface area contributed by atoms with Crippen molar-refractivity contribution in [1.29, 1.82) is 5.26 Å². The summed E-state index contributed by atoms with van der Waals surface area (Å²) in [7, 11) is 1.72. The van der Waals surface area contributed by atoms with Gasteiger partial charge in [-0.1, -0.05) is 0 Å². The first-order valence-electron chi connectivity index (χ1n) is 5.07. The highest BCUT2D eigenvalue weighted by Crippen LogP contribution is 2.08. The van der Waals surface area contributed by atoms with Crippen LogP contribution in [-0.4, -0.2) is 30.4 Å². The summed E-state index contributed by atoms with van der Waals surface area (Å²) < 4.78 is 0. The minimum atomic E-state index is -0.0811. The van der Waals surface area contributed by atoms with Crippen LogP contribution < -0.4 is 5.73 Å². The van der Waals surface area contributed by atoms with E-state index in [-0.39, 0.29) is 24.4 Å². The number of hydrogen-bond donors (Lipinski definition) is 1. The number of carbonyl (C=O) groups is 1. The molecule has 5 heteroatoms. The van der Waals surface area contributed by atoms with Gasteiger partial charge in [-0.15, -0.1) is 12.4 Å². The number of nitrogens with two attached hydrogens (primary N) is 1. The molecule has 0 aliphatic carbocycles. The van der Waals surface area contributed by atoms with E-state index in [1.807, 2.05) is 13.0 Å². The maximum Gasteiger partial charge on any atom is 0.253 e. The minimum absolute atomic E-state index is 0. The molecule has 1 atom stereocenters. The molecule has 2 N–H and O–H groups in total. The molecule has 0 heterocycles. The fourth-order valence-corrected chi connectivity index (χ4v) is 1.25. The summed E-state index contributed by atoms with van der Waals surface area (Å²) in [6.07, 6.45) is 0. The molecule has 0 saturated carbocycles. The van der Waals surface area contributed by atoms with E-state index in [9.17, 15) is 4.79 Å². The molecule has 1 unspecified atom stereocenters. The van der Waals surface area contributed by atoms with Crippen LogP contribution in [0.15, 0.2) is 24.3 Å².